The summed E-state index contributed by atoms with van der Waals surface area (Å²) in [6.07, 6.45) is -0.249. The predicted molar refractivity (Wildman–Crippen MR) is 38.2 cm³/mol. The van der Waals surface area contributed by atoms with Crippen LogP contribution < -0.4 is 5.73 Å². The van der Waals surface area contributed by atoms with E-state index in [1.54, 1.807) is 6.92 Å². The van der Waals surface area contributed by atoms with Gasteiger partial charge in [-0.15, -0.1) is 0 Å². The number of rotatable bonds is 4. The first kappa shape index (κ1) is 8.88. The van der Waals surface area contributed by atoms with Gasteiger partial charge >= 0.3 is 0 Å². The van der Waals surface area contributed by atoms with E-state index in [9.17, 15) is 0 Å². The van der Waals surface area contributed by atoms with Crippen LogP contribution in [0.4, 0.5) is 0 Å². The molecule has 0 spiro atoms. The van der Waals surface area contributed by atoms with Crippen molar-refractivity contribution in [2.75, 3.05) is 26.7 Å². The molecule has 1 atom stereocenters. The Bertz CT molecular complexity index is 66.1. The van der Waals surface area contributed by atoms with E-state index in [-0.39, 0.29) is 6.10 Å². The molecule has 0 aromatic rings. The van der Waals surface area contributed by atoms with Crippen LogP contribution in [0, 0.1) is 0 Å². The molecule has 0 aliphatic rings. The molecule has 3 nitrogen and oxygen atoms in total. The van der Waals surface area contributed by atoms with Gasteiger partial charge in [0.05, 0.1) is 6.10 Å². The third kappa shape index (κ3) is 5.76. The minimum Gasteiger partial charge on any atom is -0.392 e. The largest absolute Gasteiger partial charge is 0.392 e. The smallest absolute Gasteiger partial charge is 0.0638 e. The second-order valence-corrected chi connectivity index (χ2v) is 2.40. The van der Waals surface area contributed by atoms with Crippen LogP contribution in [0.1, 0.15) is 6.92 Å². The summed E-state index contributed by atoms with van der Waals surface area (Å²) in [5.74, 6) is 0. The van der Waals surface area contributed by atoms with Crippen LogP contribution in [0.5, 0.6) is 0 Å². The minimum atomic E-state index is -0.249. The molecule has 0 aliphatic carbocycles. The van der Waals surface area contributed by atoms with Crippen molar-refractivity contribution in [1.29, 1.82) is 0 Å². The number of hydrogen-bond donors (Lipinski definition) is 2. The molecule has 0 fully saturated rings. The minimum absolute atomic E-state index is 0.249. The molecule has 0 aromatic carbocycles. The fraction of sp³-hybridized carbons (Fsp3) is 1.00. The van der Waals surface area contributed by atoms with Crippen LogP contribution >= 0.6 is 0 Å². The van der Waals surface area contributed by atoms with E-state index in [1.807, 2.05) is 11.9 Å². The topological polar surface area (TPSA) is 49.5 Å². The van der Waals surface area contributed by atoms with Crippen molar-refractivity contribution in [2.24, 2.45) is 5.73 Å². The van der Waals surface area contributed by atoms with Gasteiger partial charge in [0.1, 0.15) is 0 Å². The average Bonchev–Trinajstić information content (AvgIpc) is 1.63. The van der Waals surface area contributed by atoms with E-state index in [0.29, 0.717) is 13.1 Å². The van der Waals surface area contributed by atoms with Crippen LogP contribution in [0.2, 0.25) is 0 Å². The zero-order valence-corrected chi connectivity index (χ0v) is 6.17. The van der Waals surface area contributed by atoms with E-state index >= 15 is 0 Å². The Morgan fingerprint density at radius 3 is 2.56 bits per heavy atom. The molecule has 0 rings (SSSR count). The quantitative estimate of drug-likeness (QED) is 0.529. The van der Waals surface area contributed by atoms with Crippen molar-refractivity contribution in [3.63, 3.8) is 0 Å². The highest BCUT2D eigenvalue weighted by atomic mass is 16.3. The highest BCUT2D eigenvalue weighted by Crippen LogP contribution is 1.84. The summed E-state index contributed by atoms with van der Waals surface area (Å²) in [7, 11) is 1.94. The summed E-state index contributed by atoms with van der Waals surface area (Å²) < 4.78 is 0. The summed E-state index contributed by atoms with van der Waals surface area (Å²) in [5, 5.41) is 8.87. The van der Waals surface area contributed by atoms with Gasteiger partial charge in [0.15, 0.2) is 0 Å². The Morgan fingerprint density at radius 2 is 2.22 bits per heavy atom. The SMILES string of the molecule is C[C@@H](O)CN(C)CCN. The monoisotopic (exact) mass is 132 g/mol. The van der Waals surface area contributed by atoms with E-state index in [4.69, 9.17) is 10.8 Å². The molecule has 0 aromatic heterocycles. The summed E-state index contributed by atoms with van der Waals surface area (Å²) in [6, 6.07) is 0. The van der Waals surface area contributed by atoms with Crippen molar-refractivity contribution in [2.45, 2.75) is 13.0 Å². The Hall–Kier alpha value is -0.120. The van der Waals surface area contributed by atoms with Crippen LogP contribution in [0.25, 0.3) is 0 Å². The maximum Gasteiger partial charge on any atom is 0.0638 e. The van der Waals surface area contributed by atoms with Crippen LogP contribution in [-0.2, 0) is 0 Å². The van der Waals surface area contributed by atoms with Gasteiger partial charge in [-0.05, 0) is 14.0 Å². The molecule has 9 heavy (non-hydrogen) atoms. The summed E-state index contributed by atoms with van der Waals surface area (Å²) in [5.41, 5.74) is 5.28. The predicted octanol–water partition coefficient (Wildman–Crippen LogP) is -0.742. The van der Waals surface area contributed by atoms with Gasteiger partial charge in [0, 0.05) is 19.6 Å². The normalized spacial score (nSPS) is 14.3. The Kier molecular flexibility index (Phi) is 4.67. The average molecular weight is 132 g/mol. The Balaban J connectivity index is 3.15. The number of hydrogen-bond acceptors (Lipinski definition) is 3. The van der Waals surface area contributed by atoms with Crippen LogP contribution in [0.15, 0.2) is 0 Å². The second kappa shape index (κ2) is 4.73. The fourth-order valence-corrected chi connectivity index (χ4v) is 0.763. The maximum absolute atomic E-state index is 8.87. The van der Waals surface area contributed by atoms with Crippen molar-refractivity contribution in [1.82, 2.24) is 4.90 Å². The molecule has 0 unspecified atom stereocenters. The molecule has 3 heteroatoms. The summed E-state index contributed by atoms with van der Waals surface area (Å²) in [4.78, 5) is 2.00. The van der Waals surface area contributed by atoms with E-state index < -0.39 is 0 Å². The van der Waals surface area contributed by atoms with E-state index in [0.717, 1.165) is 6.54 Å². The molecule has 0 saturated heterocycles. The van der Waals surface area contributed by atoms with Gasteiger partial charge in [-0.2, -0.15) is 0 Å². The highest BCUT2D eigenvalue weighted by Gasteiger charge is 1.99. The number of nitrogens with zero attached hydrogens (tertiary/aromatic N) is 1. The van der Waals surface area contributed by atoms with Gasteiger partial charge in [-0.3, -0.25) is 0 Å². The van der Waals surface area contributed by atoms with Gasteiger partial charge in [-0.25, -0.2) is 0 Å². The molecule has 0 heterocycles. The third-order valence-corrected chi connectivity index (χ3v) is 1.09. The van der Waals surface area contributed by atoms with Gasteiger partial charge < -0.3 is 15.7 Å². The lowest BCUT2D eigenvalue weighted by atomic mass is 10.4. The van der Waals surface area contributed by atoms with Crippen molar-refractivity contribution < 1.29 is 5.11 Å². The highest BCUT2D eigenvalue weighted by molar-refractivity contribution is 4.55. The Morgan fingerprint density at radius 1 is 1.67 bits per heavy atom. The van der Waals surface area contributed by atoms with Crippen molar-refractivity contribution in [3.8, 4) is 0 Å². The zero-order valence-electron chi connectivity index (χ0n) is 6.17. The first-order valence-corrected chi connectivity index (χ1v) is 3.23. The van der Waals surface area contributed by atoms with Gasteiger partial charge in [-0.1, -0.05) is 0 Å². The number of likely N-dealkylation sites (N-methyl/N-ethyl adjacent to an activating group) is 1. The van der Waals surface area contributed by atoms with Gasteiger partial charge in [0.2, 0.25) is 0 Å². The Labute approximate surface area is 56.5 Å². The van der Waals surface area contributed by atoms with Crippen molar-refractivity contribution >= 4 is 0 Å². The molecule has 0 aliphatic heterocycles. The lowest BCUT2D eigenvalue weighted by Gasteiger charge is -2.16. The summed E-state index contributed by atoms with van der Waals surface area (Å²) in [6.45, 7) is 3.98. The number of nitrogens with two attached hydrogens (primary N) is 1. The zero-order chi connectivity index (χ0) is 7.28. The first-order chi connectivity index (χ1) is 4.16. The molecule has 0 radical (unpaired) electrons. The molecule has 56 valence electrons. The number of aliphatic hydroxyl groups is 1. The van der Waals surface area contributed by atoms with E-state index in [1.165, 1.54) is 0 Å². The van der Waals surface area contributed by atoms with Crippen molar-refractivity contribution in [3.05, 3.63) is 0 Å². The van der Waals surface area contributed by atoms with Crippen LogP contribution in [-0.4, -0.2) is 42.8 Å². The van der Waals surface area contributed by atoms with Gasteiger partial charge in [0.25, 0.3) is 0 Å². The summed E-state index contributed by atoms with van der Waals surface area (Å²) >= 11 is 0. The first-order valence-electron chi connectivity index (χ1n) is 3.23. The molecule has 0 bridgehead atoms. The second-order valence-electron chi connectivity index (χ2n) is 2.40. The van der Waals surface area contributed by atoms with Crippen LogP contribution in [0.3, 0.4) is 0 Å². The third-order valence-electron chi connectivity index (χ3n) is 1.09. The molecular formula is C6H16N2O. The number of aliphatic hydroxyl groups excluding tert-OH is 1. The lowest BCUT2D eigenvalue weighted by Crippen LogP contribution is -2.31. The standard InChI is InChI=1S/C6H16N2O/c1-6(9)5-8(2)4-3-7/h6,9H,3-5,7H2,1-2H3/t6-/m1/s1. The lowest BCUT2D eigenvalue weighted by molar-refractivity contribution is 0.143. The van der Waals surface area contributed by atoms with E-state index in [2.05, 4.69) is 0 Å². The molecular weight excluding hydrogens is 116 g/mol. The fourth-order valence-electron chi connectivity index (χ4n) is 0.763. The molecule has 0 saturated carbocycles. The molecule has 3 N–H and O–H groups in total. The maximum atomic E-state index is 8.87. The molecule has 0 amide bonds.